The van der Waals surface area contributed by atoms with Gasteiger partial charge in [0.1, 0.15) is 5.75 Å². The Morgan fingerprint density at radius 2 is 1.84 bits per heavy atom. The van der Waals surface area contributed by atoms with Crippen molar-refractivity contribution < 1.29 is 19.1 Å². The van der Waals surface area contributed by atoms with Crippen molar-refractivity contribution in [2.45, 2.75) is 25.3 Å². The van der Waals surface area contributed by atoms with Gasteiger partial charge in [0.2, 0.25) is 5.91 Å². The van der Waals surface area contributed by atoms with Crippen LogP contribution in [0.1, 0.15) is 29.2 Å². The molecule has 5 rings (SSSR count). The van der Waals surface area contributed by atoms with E-state index in [2.05, 4.69) is 34.9 Å². The average Bonchev–Trinajstić information content (AvgIpc) is 3.37. The van der Waals surface area contributed by atoms with Crippen molar-refractivity contribution in [2.75, 3.05) is 13.7 Å². The second-order valence-electron chi connectivity index (χ2n) is 8.09. The molecule has 4 aromatic rings. The van der Waals surface area contributed by atoms with Gasteiger partial charge in [-0.25, -0.2) is 4.79 Å². The van der Waals surface area contributed by atoms with Crippen molar-refractivity contribution in [2.24, 2.45) is 5.73 Å². The molecule has 0 bridgehead atoms. The summed E-state index contributed by atoms with van der Waals surface area (Å²) in [4.78, 5) is 23.9. The fourth-order valence-corrected chi connectivity index (χ4v) is 4.90. The van der Waals surface area contributed by atoms with Gasteiger partial charge in [-0.05, 0) is 46.9 Å². The molecule has 1 unspecified atom stereocenters. The summed E-state index contributed by atoms with van der Waals surface area (Å²) in [6.45, 7) is 0.471. The molecule has 32 heavy (non-hydrogen) atoms. The van der Waals surface area contributed by atoms with Gasteiger partial charge in [-0.15, -0.1) is 0 Å². The van der Waals surface area contributed by atoms with Crippen LogP contribution in [0.25, 0.3) is 21.7 Å². The molecular formula is C26H24N2O4. The zero-order valence-corrected chi connectivity index (χ0v) is 17.8. The van der Waals surface area contributed by atoms with E-state index in [0.717, 1.165) is 28.6 Å². The maximum Gasteiger partial charge on any atom is 0.343 e. The van der Waals surface area contributed by atoms with E-state index in [0.29, 0.717) is 18.7 Å². The standard InChI is InChI=1S/C26H24N2O4/c1-31-23(29)15-32-22-11-5-10-20-25(22)24-19(26(27)30)12-13-21(24)28(20)14-17-8-4-7-16-6-2-3-9-18(16)17/h2-11,19H,12-15H2,1H3,(H2,27,30). The van der Waals surface area contributed by atoms with E-state index in [4.69, 9.17) is 15.2 Å². The van der Waals surface area contributed by atoms with Crippen molar-refractivity contribution in [3.05, 3.63) is 77.5 Å². The van der Waals surface area contributed by atoms with Crippen LogP contribution in [0.4, 0.5) is 0 Å². The first-order valence-corrected chi connectivity index (χ1v) is 10.7. The maximum atomic E-state index is 12.3. The second-order valence-corrected chi connectivity index (χ2v) is 8.09. The number of carbonyl (C=O) groups excluding carboxylic acids is 2. The van der Waals surface area contributed by atoms with E-state index >= 15 is 0 Å². The predicted octanol–water partition coefficient (Wildman–Crippen LogP) is 3.91. The summed E-state index contributed by atoms with van der Waals surface area (Å²) in [5, 5.41) is 3.25. The Labute approximate surface area is 185 Å². The van der Waals surface area contributed by atoms with Crippen LogP contribution in [0, 0.1) is 0 Å². The molecule has 1 atom stereocenters. The average molecular weight is 428 g/mol. The van der Waals surface area contributed by atoms with Crippen LogP contribution in [-0.2, 0) is 27.3 Å². The zero-order valence-electron chi connectivity index (χ0n) is 17.8. The number of hydrogen-bond donors (Lipinski definition) is 1. The van der Waals surface area contributed by atoms with Crippen LogP contribution in [0.15, 0.2) is 60.7 Å². The van der Waals surface area contributed by atoms with E-state index in [9.17, 15) is 9.59 Å². The third-order valence-electron chi connectivity index (χ3n) is 6.34. The highest BCUT2D eigenvalue weighted by molar-refractivity contribution is 5.98. The molecule has 1 aliphatic carbocycles. The van der Waals surface area contributed by atoms with Gasteiger partial charge in [-0.3, -0.25) is 4.79 Å². The Bertz CT molecular complexity index is 1350. The Balaban J connectivity index is 1.68. The number of rotatable bonds is 6. The highest BCUT2D eigenvalue weighted by Crippen LogP contribution is 2.44. The van der Waals surface area contributed by atoms with Gasteiger partial charge >= 0.3 is 5.97 Å². The third-order valence-corrected chi connectivity index (χ3v) is 6.34. The molecule has 2 N–H and O–H groups in total. The summed E-state index contributed by atoms with van der Waals surface area (Å²) in [5.74, 6) is -0.603. The Morgan fingerprint density at radius 3 is 2.66 bits per heavy atom. The van der Waals surface area contributed by atoms with Crippen LogP contribution in [-0.4, -0.2) is 30.2 Å². The van der Waals surface area contributed by atoms with Crippen LogP contribution in [0.2, 0.25) is 0 Å². The largest absolute Gasteiger partial charge is 0.481 e. The number of benzene rings is 3. The summed E-state index contributed by atoms with van der Waals surface area (Å²) >= 11 is 0. The molecule has 0 fully saturated rings. The molecule has 1 aromatic heterocycles. The lowest BCUT2D eigenvalue weighted by Crippen LogP contribution is -2.19. The van der Waals surface area contributed by atoms with Gasteiger partial charge in [-0.1, -0.05) is 48.5 Å². The van der Waals surface area contributed by atoms with Crippen LogP contribution in [0.3, 0.4) is 0 Å². The van der Waals surface area contributed by atoms with Gasteiger partial charge in [-0.2, -0.15) is 0 Å². The highest BCUT2D eigenvalue weighted by atomic mass is 16.6. The molecule has 0 saturated heterocycles. The van der Waals surface area contributed by atoms with Crippen molar-refractivity contribution in [1.82, 2.24) is 4.57 Å². The number of amides is 1. The highest BCUT2D eigenvalue weighted by Gasteiger charge is 2.34. The van der Waals surface area contributed by atoms with E-state index in [1.165, 1.54) is 23.4 Å². The number of methoxy groups -OCH3 is 1. The summed E-state index contributed by atoms with van der Waals surface area (Å²) in [6.07, 6.45) is 1.44. The fraction of sp³-hybridized carbons (Fsp3) is 0.231. The predicted molar refractivity (Wildman–Crippen MR) is 123 cm³/mol. The monoisotopic (exact) mass is 428 g/mol. The van der Waals surface area contributed by atoms with Crippen LogP contribution >= 0.6 is 0 Å². The smallest absolute Gasteiger partial charge is 0.343 e. The molecule has 0 saturated carbocycles. The minimum Gasteiger partial charge on any atom is -0.481 e. The maximum absolute atomic E-state index is 12.3. The molecule has 162 valence electrons. The molecule has 0 radical (unpaired) electrons. The van der Waals surface area contributed by atoms with Crippen molar-refractivity contribution in [3.63, 3.8) is 0 Å². The number of primary amides is 1. The van der Waals surface area contributed by atoms with Crippen LogP contribution < -0.4 is 10.5 Å². The van der Waals surface area contributed by atoms with E-state index < -0.39 is 5.97 Å². The fourth-order valence-electron chi connectivity index (χ4n) is 4.90. The number of fused-ring (bicyclic) bond motifs is 4. The summed E-state index contributed by atoms with van der Waals surface area (Å²) in [5.41, 5.74) is 9.97. The van der Waals surface area contributed by atoms with E-state index in [1.807, 2.05) is 30.3 Å². The second kappa shape index (κ2) is 8.04. The first kappa shape index (κ1) is 20.1. The molecule has 6 heteroatoms. The number of hydrogen-bond acceptors (Lipinski definition) is 4. The van der Waals surface area contributed by atoms with E-state index in [1.54, 1.807) is 0 Å². The van der Waals surface area contributed by atoms with Crippen molar-refractivity contribution >= 4 is 33.6 Å². The van der Waals surface area contributed by atoms with Crippen LogP contribution in [0.5, 0.6) is 5.75 Å². The molecule has 1 heterocycles. The first-order valence-electron chi connectivity index (χ1n) is 10.7. The lowest BCUT2D eigenvalue weighted by atomic mass is 9.99. The van der Waals surface area contributed by atoms with Gasteiger partial charge in [0, 0.05) is 17.6 Å². The zero-order chi connectivity index (χ0) is 22.2. The summed E-state index contributed by atoms with van der Waals surface area (Å²) < 4.78 is 12.8. The lowest BCUT2D eigenvalue weighted by molar-refractivity contribution is -0.142. The molecule has 1 aliphatic rings. The number of esters is 1. The molecule has 0 spiro atoms. The Morgan fingerprint density at radius 1 is 1.06 bits per heavy atom. The summed E-state index contributed by atoms with van der Waals surface area (Å²) in [6, 6.07) is 20.4. The molecular weight excluding hydrogens is 404 g/mol. The number of carbonyl (C=O) groups is 2. The molecule has 6 nitrogen and oxygen atoms in total. The lowest BCUT2D eigenvalue weighted by Gasteiger charge is -2.13. The number of aromatic nitrogens is 1. The molecule has 1 amide bonds. The Kier molecular flexibility index (Phi) is 5.05. The van der Waals surface area contributed by atoms with Crippen molar-refractivity contribution in [3.8, 4) is 5.75 Å². The van der Waals surface area contributed by atoms with Gasteiger partial charge in [0.25, 0.3) is 0 Å². The quantitative estimate of drug-likeness (QED) is 0.472. The van der Waals surface area contributed by atoms with E-state index in [-0.39, 0.29) is 18.4 Å². The minimum atomic E-state index is -0.458. The van der Waals surface area contributed by atoms with Gasteiger partial charge in [0.05, 0.1) is 18.5 Å². The third kappa shape index (κ3) is 3.28. The topological polar surface area (TPSA) is 83.6 Å². The number of nitrogens with zero attached hydrogens (tertiary/aromatic N) is 1. The summed E-state index contributed by atoms with van der Waals surface area (Å²) in [7, 11) is 1.33. The Hall–Kier alpha value is -3.80. The molecule has 0 aliphatic heterocycles. The minimum absolute atomic E-state index is 0.194. The van der Waals surface area contributed by atoms with Gasteiger partial charge < -0.3 is 19.8 Å². The SMILES string of the molecule is COC(=O)COc1cccc2c1c1c(n2Cc2cccc3ccccc23)CCC1C(N)=O. The first-order chi connectivity index (χ1) is 15.6. The number of ether oxygens (including phenoxy) is 2. The number of nitrogens with two attached hydrogens (primary N) is 1. The van der Waals surface area contributed by atoms with Crippen molar-refractivity contribution in [1.29, 1.82) is 0 Å². The van der Waals surface area contributed by atoms with Gasteiger partial charge in [0.15, 0.2) is 6.61 Å². The normalized spacial score (nSPS) is 15.1. The molecule has 3 aromatic carbocycles.